The van der Waals surface area contributed by atoms with Crippen LogP contribution in [0.1, 0.15) is 30.7 Å². The topological polar surface area (TPSA) is 14.2 Å². The van der Waals surface area contributed by atoms with Crippen molar-refractivity contribution in [3.63, 3.8) is 0 Å². The minimum atomic E-state index is -0.492. The summed E-state index contributed by atoms with van der Waals surface area (Å²) in [7, 11) is 0. The normalized spacial score (nSPS) is 23.2. The predicted molar refractivity (Wildman–Crippen MR) is 194 cm³/mol. The van der Waals surface area contributed by atoms with E-state index < -0.39 is 5.60 Å². The Bertz CT molecular complexity index is 2560. The second-order valence-corrected chi connectivity index (χ2v) is 15.8. The van der Waals surface area contributed by atoms with Gasteiger partial charge in [-0.1, -0.05) is 104 Å². The number of hydrogen-bond donors (Lipinski definition) is 0. The molecule has 3 atom stereocenters. The molecule has 0 saturated heterocycles. The first-order valence-electron chi connectivity index (χ1n) is 16.1. The molecule has 0 radical (unpaired) electrons. The second-order valence-electron chi connectivity index (χ2n) is 13.6. The number of allylic oxidation sites excluding steroid dienone is 3. The molecule has 0 saturated carbocycles. The van der Waals surface area contributed by atoms with Gasteiger partial charge >= 0.3 is 0 Å². The van der Waals surface area contributed by atoms with Crippen molar-refractivity contribution < 1.29 is 4.74 Å². The Morgan fingerprint density at radius 1 is 0.826 bits per heavy atom. The van der Waals surface area contributed by atoms with E-state index in [9.17, 15) is 0 Å². The number of hydrogen-bond acceptors (Lipinski definition) is 3. The molecule has 2 aliphatic heterocycles. The van der Waals surface area contributed by atoms with Crippen LogP contribution in [0.15, 0.2) is 126 Å². The molecule has 220 valence electrons. The molecular formula is C42H29NOS2. The smallest absolute Gasteiger partial charge is 0.151 e. The highest BCUT2D eigenvalue weighted by Gasteiger charge is 2.47. The van der Waals surface area contributed by atoms with Crippen LogP contribution < -0.4 is 4.74 Å². The lowest BCUT2D eigenvalue weighted by Crippen LogP contribution is -2.39. The van der Waals surface area contributed by atoms with Gasteiger partial charge in [0, 0.05) is 42.5 Å². The molecule has 5 aromatic carbocycles. The molecule has 2 aliphatic carbocycles. The van der Waals surface area contributed by atoms with E-state index in [0.29, 0.717) is 5.25 Å². The van der Waals surface area contributed by atoms with E-state index in [1.165, 1.54) is 75.0 Å². The van der Waals surface area contributed by atoms with E-state index in [-0.39, 0.29) is 5.41 Å². The van der Waals surface area contributed by atoms with Gasteiger partial charge in [0.2, 0.25) is 0 Å². The molecule has 11 rings (SSSR count). The van der Waals surface area contributed by atoms with Gasteiger partial charge in [0.1, 0.15) is 5.75 Å². The van der Waals surface area contributed by atoms with Gasteiger partial charge in [-0.2, -0.15) is 0 Å². The van der Waals surface area contributed by atoms with Crippen LogP contribution in [-0.2, 0) is 17.4 Å². The minimum Gasteiger partial charge on any atom is -0.479 e. The molecule has 7 aromatic rings. The highest BCUT2D eigenvalue weighted by Crippen LogP contribution is 2.59. The number of thiophene rings is 1. The largest absolute Gasteiger partial charge is 0.479 e. The monoisotopic (exact) mass is 627 g/mol. The van der Waals surface area contributed by atoms with Crippen LogP contribution in [0.5, 0.6) is 5.75 Å². The maximum Gasteiger partial charge on any atom is 0.151 e. The lowest BCUT2D eigenvalue weighted by molar-refractivity contribution is 0.0722. The Kier molecular flexibility index (Phi) is 4.82. The fraction of sp³-hybridized carbons (Fsp3) is 0.143. The van der Waals surface area contributed by atoms with Crippen LogP contribution >= 0.6 is 23.1 Å². The van der Waals surface area contributed by atoms with Crippen LogP contribution in [0.2, 0.25) is 0 Å². The van der Waals surface area contributed by atoms with Crippen molar-refractivity contribution in [2.24, 2.45) is 0 Å². The Balaban J connectivity index is 1.23. The van der Waals surface area contributed by atoms with Crippen molar-refractivity contribution in [2.45, 2.75) is 41.4 Å². The molecule has 3 unspecified atom stereocenters. The summed E-state index contributed by atoms with van der Waals surface area (Å²) in [5.74, 6) is 0.956. The highest BCUT2D eigenvalue weighted by molar-refractivity contribution is 8.00. The number of fused-ring (bicyclic) bond motifs is 13. The molecule has 2 aromatic heterocycles. The number of nitrogens with zero attached hydrogens (tertiary/aromatic N) is 1. The molecule has 4 heteroatoms. The number of thioether (sulfide) groups is 1. The summed E-state index contributed by atoms with van der Waals surface area (Å²) in [5.41, 5.74) is 9.97. The third-order valence-electron chi connectivity index (χ3n) is 10.9. The Hall–Kier alpha value is -4.51. The van der Waals surface area contributed by atoms with Gasteiger partial charge in [-0.3, -0.25) is 0 Å². The van der Waals surface area contributed by atoms with E-state index in [1.54, 1.807) is 0 Å². The maximum atomic E-state index is 7.15. The number of benzene rings is 5. The van der Waals surface area contributed by atoms with Crippen molar-refractivity contribution in [1.29, 1.82) is 0 Å². The quantitative estimate of drug-likeness (QED) is 0.180. The van der Waals surface area contributed by atoms with Crippen molar-refractivity contribution in [2.75, 3.05) is 0 Å². The summed E-state index contributed by atoms with van der Waals surface area (Å²) in [6.45, 7) is 4.69. The number of aromatic nitrogens is 1. The number of ether oxygens (including phenoxy) is 1. The van der Waals surface area contributed by atoms with E-state index in [2.05, 4.69) is 140 Å². The minimum absolute atomic E-state index is 0.0196. The van der Waals surface area contributed by atoms with Crippen LogP contribution in [0.3, 0.4) is 0 Å². The van der Waals surface area contributed by atoms with E-state index in [4.69, 9.17) is 4.74 Å². The highest BCUT2D eigenvalue weighted by atomic mass is 32.2. The molecule has 2 nitrogen and oxygen atoms in total. The van der Waals surface area contributed by atoms with Crippen LogP contribution in [0.4, 0.5) is 0 Å². The Morgan fingerprint density at radius 3 is 2.59 bits per heavy atom. The van der Waals surface area contributed by atoms with Crippen LogP contribution in [-0.4, -0.2) is 9.82 Å². The maximum absolute atomic E-state index is 7.15. The predicted octanol–water partition coefficient (Wildman–Crippen LogP) is 11.4. The van der Waals surface area contributed by atoms with Crippen LogP contribution in [0, 0.1) is 0 Å². The fourth-order valence-corrected chi connectivity index (χ4v) is 11.6. The Morgan fingerprint density at radius 2 is 1.67 bits per heavy atom. The summed E-state index contributed by atoms with van der Waals surface area (Å²) in [6.07, 6.45) is 10.0. The summed E-state index contributed by atoms with van der Waals surface area (Å²) in [4.78, 5) is 2.80. The molecule has 0 bridgehead atoms. The van der Waals surface area contributed by atoms with Gasteiger partial charge in [0.05, 0.1) is 16.9 Å². The molecular weight excluding hydrogens is 599 g/mol. The summed E-state index contributed by atoms with van der Waals surface area (Å²) >= 11 is 3.95. The van der Waals surface area contributed by atoms with Crippen molar-refractivity contribution in [3.8, 4) is 33.0 Å². The first-order chi connectivity index (χ1) is 22.5. The van der Waals surface area contributed by atoms with Gasteiger partial charge < -0.3 is 9.30 Å². The van der Waals surface area contributed by atoms with Gasteiger partial charge in [-0.25, -0.2) is 0 Å². The fourth-order valence-electron chi connectivity index (χ4n) is 8.69. The van der Waals surface area contributed by atoms with Gasteiger partial charge in [0.15, 0.2) is 5.60 Å². The zero-order chi connectivity index (χ0) is 30.4. The van der Waals surface area contributed by atoms with Crippen molar-refractivity contribution in [1.82, 2.24) is 4.57 Å². The van der Waals surface area contributed by atoms with E-state index in [0.717, 1.165) is 17.9 Å². The summed E-state index contributed by atoms with van der Waals surface area (Å²) < 4.78 is 11.0. The summed E-state index contributed by atoms with van der Waals surface area (Å²) in [6, 6.07) is 36.2. The molecule has 4 heterocycles. The zero-order valence-electron chi connectivity index (χ0n) is 25.5. The standard InChI is InChI=1S/C42H29NOS2/c1-41-19-8-7-16-36(41)46-38-27(13-9-14-31(38)41)26-17-18-29-32(21-26)43-33-20-24-10-3-4-11-25(24)22-34(33)44-42(2)23-30-28-12-5-6-15-35(28)45-39(30)37(29)40(42)43/h3-22,36H,23H2,1-2H3. The molecule has 0 amide bonds. The Labute approximate surface area is 275 Å². The third kappa shape index (κ3) is 3.14. The first-order valence-corrected chi connectivity index (χ1v) is 17.8. The molecule has 0 N–H and O–H groups in total. The molecule has 0 spiro atoms. The van der Waals surface area contributed by atoms with Crippen LogP contribution in [0.25, 0.3) is 59.0 Å². The van der Waals surface area contributed by atoms with Gasteiger partial charge in [-0.15, -0.1) is 23.1 Å². The van der Waals surface area contributed by atoms with Crippen molar-refractivity contribution >= 4 is 54.9 Å². The zero-order valence-corrected chi connectivity index (χ0v) is 27.1. The molecule has 4 aliphatic rings. The first kappa shape index (κ1) is 25.7. The average Bonchev–Trinajstić information content (AvgIpc) is 3.72. The lowest BCUT2D eigenvalue weighted by Gasteiger charge is -2.40. The third-order valence-corrected chi connectivity index (χ3v) is 13.7. The SMILES string of the molecule is CC12Cc3c(sc4ccccc34)-c3c1n(c1cc(-c4cccc5c4SC4C=CC=CC54C)ccc31)-c1cc3ccccc3cc1O2. The van der Waals surface area contributed by atoms with E-state index in [1.807, 2.05) is 23.1 Å². The molecule has 0 fully saturated rings. The lowest BCUT2D eigenvalue weighted by atomic mass is 9.76. The van der Waals surface area contributed by atoms with Gasteiger partial charge in [0.25, 0.3) is 0 Å². The average molecular weight is 628 g/mol. The van der Waals surface area contributed by atoms with Crippen molar-refractivity contribution in [3.05, 3.63) is 138 Å². The van der Waals surface area contributed by atoms with E-state index >= 15 is 0 Å². The second kappa shape index (κ2) is 8.64. The van der Waals surface area contributed by atoms with Gasteiger partial charge in [-0.05, 0) is 69.6 Å². The summed E-state index contributed by atoms with van der Waals surface area (Å²) in [5, 5.41) is 5.51. The number of rotatable bonds is 1. The molecule has 46 heavy (non-hydrogen) atoms.